The van der Waals surface area contributed by atoms with Gasteiger partial charge in [0.1, 0.15) is 5.75 Å². The molecule has 0 aromatic heterocycles. The van der Waals surface area contributed by atoms with Crippen molar-refractivity contribution >= 4 is 25.3 Å². The predicted molar refractivity (Wildman–Crippen MR) is 61.7 cm³/mol. The minimum atomic E-state index is -3.55. The van der Waals surface area contributed by atoms with Crippen LogP contribution in [0, 0.1) is 0 Å². The molecular weight excluding hydrogens is 236 g/mol. The lowest BCUT2D eigenvalue weighted by atomic mass is 10.1. The molecule has 0 radical (unpaired) electrons. The van der Waals surface area contributed by atoms with Crippen LogP contribution in [0.2, 0.25) is 0 Å². The Bertz CT molecular complexity index is 448. The summed E-state index contributed by atoms with van der Waals surface area (Å²) < 4.78 is 26.6. The molecule has 0 aliphatic rings. The van der Waals surface area contributed by atoms with Gasteiger partial charge in [0.2, 0.25) is 9.05 Å². The molecule has 0 saturated carbocycles. The molecule has 1 rings (SSSR count). The van der Waals surface area contributed by atoms with Crippen molar-refractivity contribution in [3.63, 3.8) is 0 Å². The molecule has 0 aliphatic heterocycles. The van der Waals surface area contributed by atoms with Gasteiger partial charge >= 0.3 is 0 Å². The Morgan fingerprint density at radius 3 is 2.33 bits per heavy atom. The van der Waals surface area contributed by atoms with Gasteiger partial charge in [-0.05, 0) is 23.3 Å². The van der Waals surface area contributed by atoms with E-state index in [1.165, 1.54) is 0 Å². The van der Waals surface area contributed by atoms with Gasteiger partial charge in [-0.3, -0.25) is 0 Å². The molecule has 0 atom stereocenters. The second-order valence-electron chi connectivity index (χ2n) is 3.02. The van der Waals surface area contributed by atoms with Crippen LogP contribution in [0.4, 0.5) is 0 Å². The smallest absolute Gasteiger partial charge is 0.236 e. The Balaban J connectivity index is 2.84. The van der Waals surface area contributed by atoms with E-state index in [0.29, 0.717) is 11.3 Å². The first-order chi connectivity index (χ1) is 6.92. The van der Waals surface area contributed by atoms with Gasteiger partial charge in [-0.1, -0.05) is 18.7 Å². The van der Waals surface area contributed by atoms with Crippen molar-refractivity contribution in [1.82, 2.24) is 0 Å². The number of methoxy groups -OCH3 is 1. The summed E-state index contributed by atoms with van der Waals surface area (Å²) in [6, 6.07) is 6.95. The lowest BCUT2D eigenvalue weighted by Gasteiger charge is -2.04. The molecule has 3 nitrogen and oxygen atoms in total. The lowest BCUT2D eigenvalue weighted by molar-refractivity contribution is 0.415. The van der Waals surface area contributed by atoms with Gasteiger partial charge in [0, 0.05) is 10.7 Å². The fourth-order valence-electron chi connectivity index (χ4n) is 1.12. The van der Waals surface area contributed by atoms with E-state index in [1.807, 2.05) is 0 Å². The normalized spacial score (nSPS) is 11.1. The standard InChI is InChI=1S/C10H11ClO3S/c1-8(7-15(11,12)13)9-3-5-10(14-2)6-4-9/h3-6H,1,7H2,2H3. The first kappa shape index (κ1) is 12.1. The van der Waals surface area contributed by atoms with E-state index >= 15 is 0 Å². The molecule has 82 valence electrons. The highest BCUT2D eigenvalue weighted by atomic mass is 35.7. The molecular formula is C10H11ClO3S. The maximum Gasteiger partial charge on any atom is 0.236 e. The summed E-state index contributed by atoms with van der Waals surface area (Å²) in [5, 5.41) is 0. The van der Waals surface area contributed by atoms with Crippen LogP contribution in [-0.4, -0.2) is 21.3 Å². The summed E-state index contributed by atoms with van der Waals surface area (Å²) in [7, 11) is 3.14. The van der Waals surface area contributed by atoms with Crippen molar-refractivity contribution < 1.29 is 13.2 Å². The Morgan fingerprint density at radius 2 is 1.93 bits per heavy atom. The molecule has 15 heavy (non-hydrogen) atoms. The van der Waals surface area contributed by atoms with Crippen LogP contribution in [0.5, 0.6) is 5.75 Å². The highest BCUT2D eigenvalue weighted by Gasteiger charge is 2.09. The van der Waals surface area contributed by atoms with Crippen LogP contribution in [0.1, 0.15) is 5.56 Å². The zero-order valence-corrected chi connectivity index (χ0v) is 9.81. The summed E-state index contributed by atoms with van der Waals surface area (Å²) in [5.74, 6) is 0.459. The molecule has 0 spiro atoms. The summed E-state index contributed by atoms with van der Waals surface area (Å²) >= 11 is 0. The monoisotopic (exact) mass is 246 g/mol. The maximum absolute atomic E-state index is 10.8. The van der Waals surface area contributed by atoms with E-state index in [-0.39, 0.29) is 5.75 Å². The second kappa shape index (κ2) is 4.68. The summed E-state index contributed by atoms with van der Waals surface area (Å²) in [5.41, 5.74) is 1.20. The number of hydrogen-bond acceptors (Lipinski definition) is 3. The van der Waals surface area contributed by atoms with Crippen LogP contribution in [-0.2, 0) is 9.05 Å². The summed E-state index contributed by atoms with van der Waals surface area (Å²) in [6.45, 7) is 3.66. The highest BCUT2D eigenvalue weighted by molar-refractivity contribution is 8.14. The number of halogens is 1. The fourth-order valence-corrected chi connectivity index (χ4v) is 2.10. The Hall–Kier alpha value is -1.00. The van der Waals surface area contributed by atoms with E-state index in [1.54, 1.807) is 31.4 Å². The summed E-state index contributed by atoms with van der Waals surface area (Å²) in [4.78, 5) is 0. The molecule has 0 amide bonds. The number of ether oxygens (including phenoxy) is 1. The van der Waals surface area contributed by atoms with Gasteiger partial charge in [-0.2, -0.15) is 0 Å². The van der Waals surface area contributed by atoms with E-state index in [9.17, 15) is 8.42 Å². The Morgan fingerprint density at radius 1 is 1.40 bits per heavy atom. The minimum absolute atomic E-state index is 0.249. The zero-order valence-electron chi connectivity index (χ0n) is 8.23. The van der Waals surface area contributed by atoms with E-state index in [2.05, 4.69) is 6.58 Å². The molecule has 5 heteroatoms. The van der Waals surface area contributed by atoms with E-state index in [0.717, 1.165) is 5.56 Å². The Labute approximate surface area is 93.7 Å². The van der Waals surface area contributed by atoms with Gasteiger partial charge in [0.05, 0.1) is 12.9 Å². The molecule has 0 aliphatic carbocycles. The largest absolute Gasteiger partial charge is 0.497 e. The van der Waals surface area contributed by atoms with Crippen molar-refractivity contribution in [2.75, 3.05) is 12.9 Å². The molecule has 0 bridgehead atoms. The molecule has 1 aromatic rings. The van der Waals surface area contributed by atoms with Crippen LogP contribution < -0.4 is 4.74 Å². The maximum atomic E-state index is 10.8. The van der Waals surface area contributed by atoms with Gasteiger partial charge in [0.25, 0.3) is 0 Å². The van der Waals surface area contributed by atoms with Gasteiger partial charge in [-0.15, -0.1) is 0 Å². The molecule has 0 heterocycles. The first-order valence-corrected chi connectivity index (χ1v) is 6.65. The van der Waals surface area contributed by atoms with Crippen molar-refractivity contribution in [1.29, 1.82) is 0 Å². The minimum Gasteiger partial charge on any atom is -0.497 e. The second-order valence-corrected chi connectivity index (χ2v) is 5.79. The van der Waals surface area contributed by atoms with Crippen molar-refractivity contribution in [3.05, 3.63) is 36.4 Å². The molecule has 0 N–H and O–H groups in total. The SMILES string of the molecule is C=C(CS(=O)(=O)Cl)c1ccc(OC)cc1. The van der Waals surface area contributed by atoms with Crippen molar-refractivity contribution in [3.8, 4) is 5.75 Å². The predicted octanol–water partition coefficient (Wildman–Crippen LogP) is 2.28. The first-order valence-electron chi connectivity index (χ1n) is 4.17. The van der Waals surface area contributed by atoms with Crippen molar-refractivity contribution in [2.45, 2.75) is 0 Å². The molecule has 0 unspecified atom stereocenters. The lowest BCUT2D eigenvalue weighted by Crippen LogP contribution is -1.99. The Kier molecular flexibility index (Phi) is 3.77. The van der Waals surface area contributed by atoms with E-state index < -0.39 is 9.05 Å². The number of benzene rings is 1. The van der Waals surface area contributed by atoms with Crippen LogP contribution >= 0.6 is 10.7 Å². The summed E-state index contributed by atoms with van der Waals surface area (Å²) in [6.07, 6.45) is 0. The highest BCUT2D eigenvalue weighted by Crippen LogP contribution is 2.19. The average molecular weight is 247 g/mol. The topological polar surface area (TPSA) is 43.4 Å². The molecule has 1 aromatic carbocycles. The van der Waals surface area contributed by atoms with Crippen LogP contribution in [0.3, 0.4) is 0 Å². The van der Waals surface area contributed by atoms with Crippen LogP contribution in [0.15, 0.2) is 30.8 Å². The molecule has 0 fully saturated rings. The number of hydrogen-bond donors (Lipinski definition) is 0. The third kappa shape index (κ3) is 3.93. The third-order valence-electron chi connectivity index (χ3n) is 1.84. The third-order valence-corrected chi connectivity index (χ3v) is 2.87. The fraction of sp³-hybridized carbons (Fsp3) is 0.200. The number of rotatable bonds is 4. The van der Waals surface area contributed by atoms with Crippen LogP contribution in [0.25, 0.3) is 5.57 Å². The molecule has 0 saturated heterocycles. The van der Waals surface area contributed by atoms with E-state index in [4.69, 9.17) is 15.4 Å². The van der Waals surface area contributed by atoms with Gasteiger partial charge < -0.3 is 4.74 Å². The van der Waals surface area contributed by atoms with Crippen molar-refractivity contribution in [2.24, 2.45) is 0 Å². The quantitative estimate of drug-likeness (QED) is 0.766. The van der Waals surface area contributed by atoms with Gasteiger partial charge in [0.15, 0.2) is 0 Å². The average Bonchev–Trinajstić information content (AvgIpc) is 2.15. The zero-order chi connectivity index (χ0) is 11.5. The van der Waals surface area contributed by atoms with Gasteiger partial charge in [-0.25, -0.2) is 8.42 Å².